The molecule has 2 fully saturated rings. The smallest absolute Gasteiger partial charge is 0.274 e. The van der Waals surface area contributed by atoms with Gasteiger partial charge in [0, 0.05) is 43.5 Å². The third-order valence-corrected chi connectivity index (χ3v) is 7.24. The molecule has 172 valence electrons. The monoisotopic (exact) mass is 436 g/mol. The highest BCUT2D eigenvalue weighted by atomic mass is 16.5. The van der Waals surface area contributed by atoms with Crippen LogP contribution in [-0.2, 0) is 17.6 Å². The van der Waals surface area contributed by atoms with Crippen LogP contribution in [0.4, 0.5) is 0 Å². The van der Waals surface area contributed by atoms with Gasteiger partial charge in [0.25, 0.3) is 5.91 Å². The summed E-state index contributed by atoms with van der Waals surface area (Å²) in [5.74, 6) is 0.134. The van der Waals surface area contributed by atoms with Crippen LogP contribution >= 0.6 is 0 Å². The summed E-state index contributed by atoms with van der Waals surface area (Å²) in [6.07, 6.45) is 8.14. The van der Waals surface area contributed by atoms with Gasteiger partial charge < -0.3 is 9.64 Å². The number of para-hydroxylation sites is 1. The van der Waals surface area contributed by atoms with Gasteiger partial charge in [0.2, 0.25) is 0 Å². The summed E-state index contributed by atoms with van der Waals surface area (Å²) >= 11 is 0. The van der Waals surface area contributed by atoms with Gasteiger partial charge >= 0.3 is 0 Å². The van der Waals surface area contributed by atoms with Crippen molar-refractivity contribution >= 4 is 5.91 Å². The third kappa shape index (κ3) is 4.35. The van der Waals surface area contributed by atoms with E-state index in [4.69, 9.17) is 9.84 Å². The minimum atomic E-state index is 0.134. The number of aromatic nitrogens is 2. The van der Waals surface area contributed by atoms with Crippen LogP contribution in [0.1, 0.15) is 67.7 Å². The molecular formula is C26H36N4O2. The van der Waals surface area contributed by atoms with Crippen molar-refractivity contribution in [3.05, 3.63) is 47.3 Å². The molecule has 3 unspecified atom stereocenters. The number of rotatable bonds is 4. The highest BCUT2D eigenvalue weighted by Crippen LogP contribution is 2.29. The first-order valence-corrected chi connectivity index (χ1v) is 12.4. The molecule has 6 heteroatoms. The lowest BCUT2D eigenvalue weighted by atomic mass is 10.1. The molecule has 0 spiro atoms. The van der Waals surface area contributed by atoms with Crippen LogP contribution in [-0.4, -0.2) is 69.9 Å². The van der Waals surface area contributed by atoms with E-state index in [1.54, 1.807) is 0 Å². The van der Waals surface area contributed by atoms with E-state index in [9.17, 15) is 4.79 Å². The molecule has 1 aromatic carbocycles. The number of carbonyl (C=O) groups excluding carboxylic acids is 1. The van der Waals surface area contributed by atoms with Crippen LogP contribution in [0, 0.1) is 0 Å². The number of fused-ring (bicyclic) bond motifs is 1. The fourth-order valence-electron chi connectivity index (χ4n) is 5.89. The second kappa shape index (κ2) is 9.36. The molecule has 0 radical (unpaired) electrons. The van der Waals surface area contributed by atoms with E-state index < -0.39 is 0 Å². The quantitative estimate of drug-likeness (QED) is 0.683. The molecule has 2 saturated heterocycles. The fourth-order valence-corrected chi connectivity index (χ4v) is 5.89. The van der Waals surface area contributed by atoms with Crippen LogP contribution < -0.4 is 0 Å². The Kier molecular flexibility index (Phi) is 6.33. The van der Waals surface area contributed by atoms with Crippen molar-refractivity contribution in [2.45, 2.75) is 77.0 Å². The molecule has 0 N–H and O–H groups in total. The zero-order valence-corrected chi connectivity index (χ0v) is 19.5. The Bertz CT molecular complexity index is 931. The summed E-state index contributed by atoms with van der Waals surface area (Å²) in [6, 6.07) is 10.6. The van der Waals surface area contributed by atoms with Crippen LogP contribution in [0.25, 0.3) is 5.69 Å². The van der Waals surface area contributed by atoms with E-state index in [2.05, 4.69) is 35.8 Å². The molecule has 3 atom stereocenters. The van der Waals surface area contributed by atoms with Gasteiger partial charge in [-0.15, -0.1) is 0 Å². The molecule has 6 nitrogen and oxygen atoms in total. The molecule has 2 aromatic rings. The average molecular weight is 437 g/mol. The lowest BCUT2D eigenvalue weighted by Gasteiger charge is -2.38. The maximum atomic E-state index is 13.9. The molecule has 1 amide bonds. The van der Waals surface area contributed by atoms with E-state index >= 15 is 0 Å². The van der Waals surface area contributed by atoms with Gasteiger partial charge in [-0.1, -0.05) is 24.6 Å². The second-order valence-electron chi connectivity index (χ2n) is 9.85. The van der Waals surface area contributed by atoms with E-state index in [1.165, 1.54) is 24.1 Å². The first kappa shape index (κ1) is 21.7. The van der Waals surface area contributed by atoms with Crippen LogP contribution in [0.15, 0.2) is 30.3 Å². The summed E-state index contributed by atoms with van der Waals surface area (Å²) in [6.45, 7) is 7.95. The summed E-state index contributed by atoms with van der Waals surface area (Å²) in [7, 11) is 0. The first-order chi connectivity index (χ1) is 15.6. The Balaban J connectivity index is 1.41. The average Bonchev–Trinajstić information content (AvgIpc) is 3.30. The number of hydrogen-bond donors (Lipinski definition) is 0. The lowest BCUT2D eigenvalue weighted by molar-refractivity contribution is -0.0715. The number of ether oxygens (including phenoxy) is 1. The lowest BCUT2D eigenvalue weighted by Crippen LogP contribution is -2.51. The zero-order chi connectivity index (χ0) is 22.1. The van der Waals surface area contributed by atoms with Crippen molar-refractivity contribution in [2.24, 2.45) is 0 Å². The zero-order valence-electron chi connectivity index (χ0n) is 19.5. The van der Waals surface area contributed by atoms with E-state index in [0.717, 1.165) is 64.0 Å². The Morgan fingerprint density at radius 2 is 1.78 bits per heavy atom. The molecular weight excluding hydrogens is 400 g/mol. The maximum absolute atomic E-state index is 13.9. The van der Waals surface area contributed by atoms with Crippen molar-refractivity contribution in [3.63, 3.8) is 0 Å². The standard InChI is InChI=1S/C26H36N4O2/c1-19-16-28(17-20(2)32-19)18-22-12-9-15-29(22)26(31)25-23-13-7-4-8-14-24(23)30(27-25)21-10-5-3-6-11-21/h3,5-6,10-11,19-20,22H,4,7-9,12-18H2,1-2H3. The second-order valence-corrected chi connectivity index (χ2v) is 9.85. The number of likely N-dealkylation sites (tertiary alicyclic amines) is 1. The van der Waals surface area contributed by atoms with Gasteiger partial charge in [-0.25, -0.2) is 4.68 Å². The first-order valence-electron chi connectivity index (χ1n) is 12.4. The van der Waals surface area contributed by atoms with Crippen molar-refractivity contribution in [1.29, 1.82) is 0 Å². The number of carbonyl (C=O) groups is 1. The normalized spacial score (nSPS) is 26.7. The van der Waals surface area contributed by atoms with Crippen molar-refractivity contribution in [2.75, 3.05) is 26.2 Å². The molecule has 5 rings (SSSR count). The van der Waals surface area contributed by atoms with Gasteiger partial charge in [0.05, 0.1) is 17.9 Å². The van der Waals surface area contributed by atoms with E-state index in [0.29, 0.717) is 5.69 Å². The highest BCUT2D eigenvalue weighted by molar-refractivity contribution is 5.94. The Morgan fingerprint density at radius 1 is 1.03 bits per heavy atom. The summed E-state index contributed by atoms with van der Waals surface area (Å²) < 4.78 is 7.95. The van der Waals surface area contributed by atoms with Gasteiger partial charge in [0.1, 0.15) is 0 Å². The molecule has 32 heavy (non-hydrogen) atoms. The molecule has 0 bridgehead atoms. The minimum absolute atomic E-state index is 0.134. The van der Waals surface area contributed by atoms with E-state index in [-0.39, 0.29) is 24.2 Å². The van der Waals surface area contributed by atoms with Crippen molar-refractivity contribution in [1.82, 2.24) is 19.6 Å². The number of amides is 1. The molecule has 1 aromatic heterocycles. The van der Waals surface area contributed by atoms with Gasteiger partial charge in [-0.3, -0.25) is 9.69 Å². The number of morpholine rings is 1. The van der Waals surface area contributed by atoms with Crippen molar-refractivity contribution in [3.8, 4) is 5.69 Å². The molecule has 2 aliphatic heterocycles. The maximum Gasteiger partial charge on any atom is 0.274 e. The summed E-state index contributed by atoms with van der Waals surface area (Å²) in [5.41, 5.74) is 4.18. The van der Waals surface area contributed by atoms with Crippen LogP contribution in [0.5, 0.6) is 0 Å². The van der Waals surface area contributed by atoms with E-state index in [1.807, 2.05) is 22.9 Å². The van der Waals surface area contributed by atoms with Crippen LogP contribution in [0.2, 0.25) is 0 Å². The van der Waals surface area contributed by atoms with Crippen LogP contribution in [0.3, 0.4) is 0 Å². The molecule has 3 heterocycles. The summed E-state index contributed by atoms with van der Waals surface area (Å²) in [5, 5.41) is 4.95. The molecule has 3 aliphatic rings. The summed E-state index contributed by atoms with van der Waals surface area (Å²) in [4.78, 5) is 18.5. The Labute approximate surface area is 191 Å². The van der Waals surface area contributed by atoms with Gasteiger partial charge in [0.15, 0.2) is 5.69 Å². The molecule has 0 saturated carbocycles. The SMILES string of the molecule is CC1CN(CC2CCCN2C(=O)c2nn(-c3ccccc3)c3c2CCCCC3)CC(C)O1. The predicted molar refractivity (Wildman–Crippen MR) is 125 cm³/mol. The minimum Gasteiger partial charge on any atom is -0.373 e. The van der Waals surface area contributed by atoms with Gasteiger partial charge in [-0.2, -0.15) is 5.10 Å². The van der Waals surface area contributed by atoms with Gasteiger partial charge in [-0.05, 0) is 64.5 Å². The third-order valence-electron chi connectivity index (χ3n) is 7.24. The fraction of sp³-hybridized carbons (Fsp3) is 0.615. The number of nitrogens with zero attached hydrogens (tertiary/aromatic N) is 4. The Morgan fingerprint density at radius 3 is 2.56 bits per heavy atom. The topological polar surface area (TPSA) is 50.6 Å². The number of hydrogen-bond acceptors (Lipinski definition) is 4. The van der Waals surface area contributed by atoms with Crippen molar-refractivity contribution < 1.29 is 9.53 Å². The largest absolute Gasteiger partial charge is 0.373 e. The Hall–Kier alpha value is -2.18. The number of benzene rings is 1. The molecule has 1 aliphatic carbocycles. The highest BCUT2D eigenvalue weighted by Gasteiger charge is 2.36. The predicted octanol–water partition coefficient (Wildman–Crippen LogP) is 3.86.